The fourth-order valence-electron chi connectivity index (χ4n) is 1.05. The molecule has 82 valence electrons. The van der Waals surface area contributed by atoms with Gasteiger partial charge in [0.1, 0.15) is 0 Å². The molecule has 0 aromatic heterocycles. The maximum Gasteiger partial charge on any atom is 0.356 e. The number of hydrogen-bond acceptors (Lipinski definition) is 5. The maximum absolute atomic E-state index is 11.1. The van der Waals surface area contributed by atoms with Gasteiger partial charge in [-0.2, -0.15) is 11.0 Å². The van der Waals surface area contributed by atoms with Crippen LogP contribution in [0.2, 0.25) is 0 Å². The van der Waals surface area contributed by atoms with Crippen LogP contribution in [0.25, 0.3) is 0 Å². The minimum Gasteiger partial charge on any atom is -0.370 e. The molecule has 0 aliphatic rings. The lowest BCUT2D eigenvalue weighted by Gasteiger charge is -2.02. The van der Waals surface area contributed by atoms with Gasteiger partial charge in [-0.05, 0) is 30.2 Å². The molecule has 0 atom stereocenters. The normalized spacial score (nSPS) is 9.73. The second-order valence-corrected chi connectivity index (χ2v) is 2.75. The van der Waals surface area contributed by atoms with Gasteiger partial charge in [0.05, 0.1) is 11.8 Å². The number of aryl methyl sites for hydroxylation is 1. The van der Waals surface area contributed by atoms with Crippen molar-refractivity contribution in [3.8, 4) is 0 Å². The van der Waals surface area contributed by atoms with E-state index in [1.54, 1.807) is 18.2 Å². The summed E-state index contributed by atoms with van der Waals surface area (Å²) in [6.45, 7) is 1.88. The molecule has 1 aromatic carbocycles. The molecule has 0 radical (unpaired) electrons. The van der Waals surface area contributed by atoms with Gasteiger partial charge in [0.2, 0.25) is 0 Å². The fraction of sp³-hybridized carbons (Fsp3) is 0.111. The number of rotatable bonds is 2. The standard InChI is InChI=1S/C9H11N3O2.ClH/c1-6-2-3-7(9(13)14-11)4-8(6)5-12-10;/h2-5H,10-11H2,1H3;1H. The van der Waals surface area contributed by atoms with Crippen LogP contribution in [-0.2, 0) is 4.84 Å². The summed E-state index contributed by atoms with van der Waals surface area (Å²) >= 11 is 0. The van der Waals surface area contributed by atoms with Crippen molar-refractivity contribution in [2.24, 2.45) is 16.8 Å². The van der Waals surface area contributed by atoms with Crippen molar-refractivity contribution in [3.63, 3.8) is 0 Å². The molecule has 0 bridgehead atoms. The lowest BCUT2D eigenvalue weighted by atomic mass is 10.1. The van der Waals surface area contributed by atoms with Gasteiger partial charge in [0.15, 0.2) is 0 Å². The molecule has 0 saturated heterocycles. The molecule has 5 nitrogen and oxygen atoms in total. The van der Waals surface area contributed by atoms with E-state index in [1.165, 1.54) is 6.21 Å². The van der Waals surface area contributed by atoms with Gasteiger partial charge in [-0.1, -0.05) is 6.07 Å². The molecule has 0 aliphatic heterocycles. The predicted molar refractivity (Wildman–Crippen MR) is 59.8 cm³/mol. The number of nitrogens with two attached hydrogens (primary N) is 2. The Hall–Kier alpha value is -1.59. The Kier molecular flexibility index (Phi) is 5.36. The van der Waals surface area contributed by atoms with Crippen LogP contribution in [0.15, 0.2) is 23.3 Å². The highest BCUT2D eigenvalue weighted by molar-refractivity contribution is 5.92. The Morgan fingerprint density at radius 1 is 1.53 bits per heavy atom. The lowest BCUT2D eigenvalue weighted by Crippen LogP contribution is -2.10. The Bertz CT molecular complexity index is 380. The molecule has 15 heavy (non-hydrogen) atoms. The molecule has 0 amide bonds. The van der Waals surface area contributed by atoms with E-state index in [-0.39, 0.29) is 12.4 Å². The number of carbonyl (C=O) groups excluding carboxylic acids is 1. The summed E-state index contributed by atoms with van der Waals surface area (Å²) < 4.78 is 0. The SMILES string of the molecule is Cc1ccc(C(=O)ON)cc1C=NN.Cl. The maximum atomic E-state index is 11.1. The van der Waals surface area contributed by atoms with Crippen LogP contribution >= 0.6 is 12.4 Å². The minimum atomic E-state index is -0.586. The first-order valence-electron chi connectivity index (χ1n) is 3.94. The molecule has 0 heterocycles. The topological polar surface area (TPSA) is 90.7 Å². The number of hydrazone groups is 1. The summed E-state index contributed by atoms with van der Waals surface area (Å²) in [6, 6.07) is 5.00. The smallest absolute Gasteiger partial charge is 0.356 e. The van der Waals surface area contributed by atoms with E-state index in [0.29, 0.717) is 5.56 Å². The molecular formula is C9H12ClN3O2. The van der Waals surface area contributed by atoms with Gasteiger partial charge >= 0.3 is 5.97 Å². The number of halogens is 1. The molecule has 0 saturated carbocycles. The van der Waals surface area contributed by atoms with Gasteiger partial charge in [-0.15, -0.1) is 12.4 Å². The third-order valence-corrected chi connectivity index (χ3v) is 1.84. The molecule has 4 N–H and O–H groups in total. The number of hydrogen-bond donors (Lipinski definition) is 2. The third-order valence-electron chi connectivity index (χ3n) is 1.84. The molecule has 0 spiro atoms. The first-order valence-corrected chi connectivity index (χ1v) is 3.94. The highest BCUT2D eigenvalue weighted by Crippen LogP contribution is 2.09. The second kappa shape index (κ2) is 6.00. The van der Waals surface area contributed by atoms with Gasteiger partial charge in [0.25, 0.3) is 0 Å². The van der Waals surface area contributed by atoms with Crippen LogP contribution in [0.1, 0.15) is 21.5 Å². The molecule has 1 rings (SSSR count). The van der Waals surface area contributed by atoms with E-state index in [9.17, 15) is 4.79 Å². The Morgan fingerprint density at radius 2 is 2.20 bits per heavy atom. The molecule has 0 fully saturated rings. The van der Waals surface area contributed by atoms with Crippen LogP contribution < -0.4 is 11.7 Å². The van der Waals surface area contributed by atoms with Crippen LogP contribution in [0.5, 0.6) is 0 Å². The zero-order valence-corrected chi connectivity index (χ0v) is 8.95. The first kappa shape index (κ1) is 13.4. The molecule has 1 aromatic rings. The van der Waals surface area contributed by atoms with Gasteiger partial charge in [-0.3, -0.25) is 0 Å². The molecule has 0 aliphatic carbocycles. The van der Waals surface area contributed by atoms with Crippen molar-refractivity contribution < 1.29 is 9.63 Å². The Balaban J connectivity index is 0.00000196. The highest BCUT2D eigenvalue weighted by atomic mass is 35.5. The monoisotopic (exact) mass is 229 g/mol. The largest absolute Gasteiger partial charge is 0.370 e. The number of nitrogens with zero attached hydrogens (tertiary/aromatic N) is 1. The van der Waals surface area contributed by atoms with Crippen LogP contribution in [0.3, 0.4) is 0 Å². The zero-order valence-electron chi connectivity index (χ0n) is 8.14. The van der Waals surface area contributed by atoms with Crippen molar-refractivity contribution in [3.05, 3.63) is 34.9 Å². The van der Waals surface area contributed by atoms with E-state index >= 15 is 0 Å². The summed E-state index contributed by atoms with van der Waals surface area (Å²) in [4.78, 5) is 15.2. The summed E-state index contributed by atoms with van der Waals surface area (Å²) in [5, 5.41) is 3.38. The molecule has 6 heteroatoms. The Morgan fingerprint density at radius 3 is 2.73 bits per heavy atom. The van der Waals surface area contributed by atoms with E-state index in [2.05, 4.69) is 9.94 Å². The summed E-state index contributed by atoms with van der Waals surface area (Å²) in [5.74, 6) is 9.19. The van der Waals surface area contributed by atoms with E-state index in [0.717, 1.165) is 11.1 Å². The minimum absolute atomic E-state index is 0. The highest BCUT2D eigenvalue weighted by Gasteiger charge is 2.07. The quantitative estimate of drug-likeness (QED) is 0.445. The van der Waals surface area contributed by atoms with E-state index in [1.807, 2.05) is 6.92 Å². The average Bonchev–Trinajstić information content (AvgIpc) is 2.20. The van der Waals surface area contributed by atoms with E-state index < -0.39 is 5.97 Å². The van der Waals surface area contributed by atoms with Crippen molar-refractivity contribution in [1.82, 2.24) is 0 Å². The van der Waals surface area contributed by atoms with Gasteiger partial charge in [0, 0.05) is 0 Å². The summed E-state index contributed by atoms with van der Waals surface area (Å²) in [7, 11) is 0. The third kappa shape index (κ3) is 3.23. The predicted octanol–water partition coefficient (Wildman–Crippen LogP) is 0.740. The first-order chi connectivity index (χ1) is 6.69. The zero-order chi connectivity index (χ0) is 10.6. The number of benzene rings is 1. The van der Waals surface area contributed by atoms with Crippen molar-refractivity contribution in [1.29, 1.82) is 0 Å². The molecular weight excluding hydrogens is 218 g/mol. The summed E-state index contributed by atoms with van der Waals surface area (Å²) in [5.41, 5.74) is 2.09. The van der Waals surface area contributed by atoms with Gasteiger partial charge in [-0.25, -0.2) is 4.79 Å². The van der Waals surface area contributed by atoms with Crippen LogP contribution in [0.4, 0.5) is 0 Å². The second-order valence-electron chi connectivity index (χ2n) is 2.75. The van der Waals surface area contributed by atoms with Crippen LogP contribution in [-0.4, -0.2) is 12.2 Å². The van der Waals surface area contributed by atoms with Crippen molar-refractivity contribution in [2.45, 2.75) is 6.92 Å². The van der Waals surface area contributed by atoms with Crippen LogP contribution in [0, 0.1) is 6.92 Å². The lowest BCUT2D eigenvalue weighted by molar-refractivity contribution is 0.0503. The van der Waals surface area contributed by atoms with Crippen molar-refractivity contribution >= 4 is 24.6 Å². The summed E-state index contributed by atoms with van der Waals surface area (Å²) in [6.07, 6.45) is 1.46. The molecule has 0 unspecified atom stereocenters. The fourth-order valence-corrected chi connectivity index (χ4v) is 1.05. The average molecular weight is 230 g/mol. The number of carbonyl (C=O) groups is 1. The Labute approximate surface area is 93.5 Å². The van der Waals surface area contributed by atoms with Gasteiger partial charge < -0.3 is 10.7 Å². The van der Waals surface area contributed by atoms with E-state index in [4.69, 9.17) is 11.7 Å². The van der Waals surface area contributed by atoms with Crippen molar-refractivity contribution in [2.75, 3.05) is 0 Å².